The molecule has 0 aromatic heterocycles. The van der Waals surface area contributed by atoms with Crippen LogP contribution in [0.2, 0.25) is 0 Å². The molecule has 2 aromatic carbocycles. The highest BCUT2D eigenvalue weighted by molar-refractivity contribution is 5.77. The third-order valence-electron chi connectivity index (χ3n) is 14.3. The SMILES string of the molecule is COc1ccc2c3c1O[C@H]1[C@@H](N(CC4CCCCC4)C(=O)CCCCCCCCCCc4ccccc4)CC[C@H]4[C@@H](C2)N(CC2CC2O)CC[C@@]341. The summed E-state index contributed by atoms with van der Waals surface area (Å²) in [5, 5.41) is 10.2. The number of nitrogens with zero attached hydrogens (tertiary/aromatic N) is 2. The number of benzene rings is 2. The first-order valence-electron chi connectivity index (χ1n) is 21.2. The van der Waals surface area contributed by atoms with Crippen LogP contribution in [0.4, 0.5) is 0 Å². The van der Waals surface area contributed by atoms with Crippen LogP contribution in [0, 0.1) is 17.8 Å². The fourth-order valence-corrected chi connectivity index (χ4v) is 11.5. The predicted octanol–water partition coefficient (Wildman–Crippen LogP) is 8.65. The second kappa shape index (κ2) is 15.8. The van der Waals surface area contributed by atoms with Gasteiger partial charge in [-0.25, -0.2) is 0 Å². The van der Waals surface area contributed by atoms with Gasteiger partial charge >= 0.3 is 0 Å². The summed E-state index contributed by atoms with van der Waals surface area (Å²) in [6.07, 6.45) is 23.4. The van der Waals surface area contributed by atoms with Crippen molar-refractivity contribution in [1.82, 2.24) is 9.80 Å². The van der Waals surface area contributed by atoms with Crippen LogP contribution in [-0.4, -0.2) is 71.8 Å². The molecule has 1 N–H and O–H groups in total. The summed E-state index contributed by atoms with van der Waals surface area (Å²) >= 11 is 0. The molecular formula is C45H64N2O4. The summed E-state index contributed by atoms with van der Waals surface area (Å²) < 4.78 is 13.2. The maximum absolute atomic E-state index is 14.5. The first kappa shape index (κ1) is 35.5. The molecule has 4 aliphatic carbocycles. The molecule has 2 bridgehead atoms. The monoisotopic (exact) mass is 696 g/mol. The molecule has 2 heterocycles. The van der Waals surface area contributed by atoms with Crippen LogP contribution in [0.15, 0.2) is 42.5 Å². The van der Waals surface area contributed by atoms with Crippen molar-refractivity contribution in [2.75, 3.05) is 26.7 Å². The molecule has 6 heteroatoms. The smallest absolute Gasteiger partial charge is 0.222 e. The molecular weight excluding hydrogens is 633 g/mol. The van der Waals surface area contributed by atoms with Gasteiger partial charge in [0, 0.05) is 42.4 Å². The highest BCUT2D eigenvalue weighted by Gasteiger charge is 2.67. The fraction of sp³-hybridized carbons (Fsp3) is 0.711. The zero-order valence-corrected chi connectivity index (χ0v) is 31.4. The van der Waals surface area contributed by atoms with Crippen LogP contribution in [0.5, 0.6) is 11.5 Å². The van der Waals surface area contributed by atoms with Crippen LogP contribution in [-0.2, 0) is 23.1 Å². The molecule has 3 saturated carbocycles. The van der Waals surface area contributed by atoms with Gasteiger partial charge in [0.05, 0.1) is 19.3 Å². The molecule has 1 spiro atoms. The van der Waals surface area contributed by atoms with Crippen molar-refractivity contribution >= 4 is 5.91 Å². The Morgan fingerprint density at radius 2 is 1.69 bits per heavy atom. The molecule has 51 heavy (non-hydrogen) atoms. The molecule has 6 nitrogen and oxygen atoms in total. The van der Waals surface area contributed by atoms with Gasteiger partial charge in [-0.2, -0.15) is 0 Å². The van der Waals surface area contributed by atoms with Gasteiger partial charge in [0.15, 0.2) is 11.5 Å². The van der Waals surface area contributed by atoms with E-state index >= 15 is 0 Å². The molecule has 4 fully saturated rings. The summed E-state index contributed by atoms with van der Waals surface area (Å²) in [4.78, 5) is 19.6. The van der Waals surface area contributed by atoms with Crippen molar-refractivity contribution in [3.63, 3.8) is 0 Å². The zero-order valence-electron chi connectivity index (χ0n) is 31.4. The van der Waals surface area contributed by atoms with Crippen LogP contribution in [0.3, 0.4) is 0 Å². The van der Waals surface area contributed by atoms with Gasteiger partial charge in [-0.1, -0.05) is 94.2 Å². The molecule has 8 rings (SSSR count). The Labute approximate surface area is 307 Å². The standard InChI is InChI=1S/C45H64N2O4/c1-50-40-25-22-34-28-38-36-23-24-37(44-45(36,42(34)43(40)51-44)26-27-46(38)31-35-29-39(35)48)47(30-33-19-13-9-14-20-33)41(49)21-15-7-5-3-2-4-6-10-16-32-17-11-8-12-18-32/h8,11-12,17-18,22,25,33,35-39,44,48H,2-7,9-10,13-16,19-21,23-24,26-31H2,1H3/t35?,36-,37-,38+,39?,44-,45-/m0/s1. The van der Waals surface area contributed by atoms with Crippen LogP contribution < -0.4 is 9.47 Å². The highest BCUT2D eigenvalue weighted by atomic mass is 16.5. The average molecular weight is 697 g/mol. The van der Waals surface area contributed by atoms with Gasteiger partial charge in [-0.15, -0.1) is 0 Å². The Hall–Kier alpha value is -2.57. The van der Waals surface area contributed by atoms with E-state index in [1.807, 2.05) is 0 Å². The van der Waals surface area contributed by atoms with E-state index in [0.29, 0.717) is 36.1 Å². The van der Waals surface area contributed by atoms with Gasteiger partial charge in [0.1, 0.15) is 6.10 Å². The number of aliphatic hydroxyl groups is 1. The Bertz CT molecular complexity index is 1470. The molecule has 6 aliphatic rings. The average Bonchev–Trinajstić information content (AvgIpc) is 3.74. The third kappa shape index (κ3) is 7.22. The molecule has 1 amide bonds. The number of aryl methyl sites for hydroxylation is 1. The van der Waals surface area contributed by atoms with Crippen molar-refractivity contribution in [3.8, 4) is 11.5 Å². The van der Waals surface area contributed by atoms with E-state index in [4.69, 9.17) is 9.47 Å². The summed E-state index contributed by atoms with van der Waals surface area (Å²) in [6, 6.07) is 15.9. The van der Waals surface area contributed by atoms with Crippen molar-refractivity contribution in [3.05, 3.63) is 59.2 Å². The third-order valence-corrected chi connectivity index (χ3v) is 14.3. The van der Waals surface area contributed by atoms with Crippen LogP contribution in [0.25, 0.3) is 0 Å². The Balaban J connectivity index is 0.928. The molecule has 1 saturated heterocycles. The lowest BCUT2D eigenvalue weighted by Gasteiger charge is -2.60. The topological polar surface area (TPSA) is 62.2 Å². The van der Waals surface area contributed by atoms with Gasteiger partial charge in [-0.3, -0.25) is 9.69 Å². The first-order chi connectivity index (χ1) is 25.1. The number of piperidine rings is 1. The highest BCUT2D eigenvalue weighted by Crippen LogP contribution is 2.64. The van der Waals surface area contributed by atoms with E-state index in [2.05, 4.69) is 52.3 Å². The van der Waals surface area contributed by atoms with Crippen molar-refractivity contribution in [2.24, 2.45) is 17.8 Å². The number of ether oxygens (including phenoxy) is 2. The molecule has 7 atom stereocenters. The van der Waals surface area contributed by atoms with E-state index in [1.165, 1.54) is 93.7 Å². The summed E-state index contributed by atoms with van der Waals surface area (Å²) in [5.41, 5.74) is 4.25. The number of unbranched alkanes of at least 4 members (excludes halogenated alkanes) is 7. The van der Waals surface area contributed by atoms with Crippen molar-refractivity contribution in [1.29, 1.82) is 0 Å². The van der Waals surface area contributed by atoms with Gasteiger partial charge < -0.3 is 19.5 Å². The summed E-state index contributed by atoms with van der Waals surface area (Å²) in [7, 11) is 1.77. The number of hydrogen-bond donors (Lipinski definition) is 1. The maximum atomic E-state index is 14.5. The number of methoxy groups -OCH3 is 1. The minimum absolute atomic E-state index is 0.00723. The molecule has 2 unspecified atom stereocenters. The summed E-state index contributed by atoms with van der Waals surface area (Å²) in [5.74, 6) is 3.78. The molecule has 0 radical (unpaired) electrons. The first-order valence-corrected chi connectivity index (χ1v) is 21.2. The van der Waals surface area contributed by atoms with Crippen molar-refractivity contribution < 1.29 is 19.4 Å². The lowest BCUT2D eigenvalue weighted by molar-refractivity contribution is -0.144. The van der Waals surface area contributed by atoms with E-state index in [-0.39, 0.29) is 23.7 Å². The quantitative estimate of drug-likeness (QED) is 0.168. The lowest BCUT2D eigenvalue weighted by atomic mass is 9.51. The minimum atomic E-state index is -0.111. The number of amides is 1. The molecule has 278 valence electrons. The number of carbonyl (C=O) groups is 1. The normalized spacial score (nSPS) is 30.8. The number of hydrogen-bond acceptors (Lipinski definition) is 5. The van der Waals surface area contributed by atoms with E-state index < -0.39 is 0 Å². The van der Waals surface area contributed by atoms with Crippen LogP contribution >= 0.6 is 0 Å². The van der Waals surface area contributed by atoms with Crippen LogP contribution in [0.1, 0.15) is 132 Å². The van der Waals surface area contributed by atoms with Gasteiger partial charge in [0.2, 0.25) is 5.91 Å². The van der Waals surface area contributed by atoms with Crippen molar-refractivity contribution in [2.45, 2.75) is 158 Å². The number of likely N-dealkylation sites (tertiary alicyclic amines) is 1. The maximum Gasteiger partial charge on any atom is 0.222 e. The minimum Gasteiger partial charge on any atom is -0.493 e. The Kier molecular flexibility index (Phi) is 11.0. The van der Waals surface area contributed by atoms with E-state index in [0.717, 1.165) is 76.1 Å². The Morgan fingerprint density at radius 1 is 0.941 bits per heavy atom. The van der Waals surface area contributed by atoms with Gasteiger partial charge in [0.25, 0.3) is 0 Å². The Morgan fingerprint density at radius 3 is 2.43 bits per heavy atom. The number of aliphatic hydroxyl groups excluding tert-OH is 1. The number of rotatable bonds is 17. The van der Waals surface area contributed by atoms with E-state index in [9.17, 15) is 9.90 Å². The van der Waals surface area contributed by atoms with E-state index in [1.54, 1.807) is 7.11 Å². The largest absolute Gasteiger partial charge is 0.493 e. The second-order valence-electron chi connectivity index (χ2n) is 17.4. The molecule has 2 aliphatic heterocycles. The lowest BCUT2D eigenvalue weighted by Crippen LogP contribution is -2.69. The second-order valence-corrected chi connectivity index (χ2v) is 17.4. The van der Waals surface area contributed by atoms with Gasteiger partial charge in [-0.05, 0) is 99.8 Å². The molecule has 2 aromatic rings. The number of carbonyl (C=O) groups excluding carboxylic acids is 1. The predicted molar refractivity (Wildman–Crippen MR) is 203 cm³/mol. The zero-order chi connectivity index (χ0) is 34.8. The fourth-order valence-electron chi connectivity index (χ4n) is 11.5. The summed E-state index contributed by atoms with van der Waals surface area (Å²) in [6.45, 7) is 2.98.